The van der Waals surface area contributed by atoms with E-state index in [1.165, 1.54) is 0 Å². The SMILES string of the molecule is C=C1C[C@@H]2CC[C@@]34C[C@H]5O[C@H]6C(O3)[C@H]3OC(CC[C@@H]3O[C@H]6C5O4)CC(=O)O[C@@H]3[C@@H](C)[C@@H]4O[C@H](CCO)[C@H](O)C[C@@H]4O[C@H]3CC3O[C@@H](CCC1O2)C[C@@H](C)C3=C. The molecule has 0 saturated carbocycles. The molecule has 306 valence electrons. The minimum Gasteiger partial charge on any atom is -0.459 e. The van der Waals surface area contributed by atoms with E-state index in [4.69, 9.17) is 47.4 Å². The molecule has 11 heterocycles. The van der Waals surface area contributed by atoms with Gasteiger partial charge in [0.2, 0.25) is 0 Å². The van der Waals surface area contributed by atoms with Crippen LogP contribution in [0.4, 0.5) is 0 Å². The molecule has 0 aromatic heterocycles. The maximum absolute atomic E-state index is 14.0. The summed E-state index contributed by atoms with van der Waals surface area (Å²) in [5.41, 5.74) is 2.14. The van der Waals surface area contributed by atoms with Gasteiger partial charge in [0.1, 0.15) is 36.6 Å². The largest absolute Gasteiger partial charge is 0.459 e. The van der Waals surface area contributed by atoms with Crippen LogP contribution in [0.2, 0.25) is 0 Å². The van der Waals surface area contributed by atoms with E-state index in [9.17, 15) is 15.0 Å². The zero-order chi connectivity index (χ0) is 37.7. The summed E-state index contributed by atoms with van der Waals surface area (Å²) in [6.07, 6.45) is 2.38. The van der Waals surface area contributed by atoms with E-state index in [-0.39, 0.29) is 98.0 Å². The Kier molecular flexibility index (Phi) is 10.1. The lowest BCUT2D eigenvalue weighted by Gasteiger charge is -2.51. The molecule has 0 aromatic rings. The predicted molar refractivity (Wildman–Crippen MR) is 193 cm³/mol. The number of aliphatic hydroxyl groups excluding tert-OH is 2. The van der Waals surface area contributed by atoms with Crippen molar-refractivity contribution in [2.24, 2.45) is 11.8 Å². The Balaban J connectivity index is 0.934. The summed E-state index contributed by atoms with van der Waals surface area (Å²) >= 11 is 0. The molecule has 11 aliphatic rings. The lowest BCUT2D eigenvalue weighted by molar-refractivity contribution is -0.293. The summed E-state index contributed by atoms with van der Waals surface area (Å²) in [6.45, 7) is 13.1. The van der Waals surface area contributed by atoms with Crippen molar-refractivity contribution in [2.75, 3.05) is 6.61 Å². The predicted octanol–water partition coefficient (Wildman–Crippen LogP) is 3.59. The molecule has 21 atom stereocenters. The number of fused-ring (bicyclic) bond motifs is 7. The van der Waals surface area contributed by atoms with Gasteiger partial charge in [-0.1, -0.05) is 27.0 Å². The molecule has 1 spiro atoms. The normalized spacial score (nSPS) is 54.9. The third-order valence-corrected chi connectivity index (χ3v) is 14.8. The van der Waals surface area contributed by atoms with Gasteiger partial charge in [-0.2, -0.15) is 0 Å². The van der Waals surface area contributed by atoms with E-state index in [1.807, 2.05) is 6.92 Å². The quantitative estimate of drug-likeness (QED) is 0.312. The first-order valence-corrected chi connectivity index (χ1v) is 21.3. The lowest BCUT2D eigenvalue weighted by Crippen LogP contribution is -2.62. The molecule has 55 heavy (non-hydrogen) atoms. The van der Waals surface area contributed by atoms with E-state index in [2.05, 4.69) is 20.1 Å². The van der Waals surface area contributed by atoms with E-state index in [0.29, 0.717) is 38.5 Å². The van der Waals surface area contributed by atoms with Gasteiger partial charge in [-0.3, -0.25) is 4.79 Å². The summed E-state index contributed by atoms with van der Waals surface area (Å²) < 4.78 is 66.9. The molecule has 2 N–H and O–H groups in total. The van der Waals surface area contributed by atoms with Crippen LogP contribution in [-0.4, -0.2) is 138 Å². The molecule has 13 nitrogen and oxygen atoms in total. The molecule has 11 rings (SSSR count). The molecule has 12 bridgehead atoms. The summed E-state index contributed by atoms with van der Waals surface area (Å²) in [4.78, 5) is 14.0. The molecule has 0 aromatic carbocycles. The second-order valence-electron chi connectivity index (χ2n) is 18.5. The first-order valence-electron chi connectivity index (χ1n) is 21.3. The second kappa shape index (κ2) is 14.7. The zero-order valence-electron chi connectivity index (χ0n) is 32.2. The first kappa shape index (κ1) is 37.8. The number of rotatable bonds is 2. The minimum absolute atomic E-state index is 0.00281. The fraction of sp³-hybridized carbons (Fsp3) is 0.881. The van der Waals surface area contributed by atoms with E-state index in [1.54, 1.807) is 0 Å². The smallest absolute Gasteiger partial charge is 0.308 e. The molecule has 11 saturated heterocycles. The van der Waals surface area contributed by atoms with E-state index < -0.39 is 48.5 Å². The van der Waals surface area contributed by atoms with Crippen molar-refractivity contribution in [3.05, 3.63) is 24.3 Å². The summed E-state index contributed by atoms with van der Waals surface area (Å²) in [6, 6.07) is 0. The van der Waals surface area contributed by atoms with Crippen molar-refractivity contribution in [3.63, 3.8) is 0 Å². The number of hydrogen-bond acceptors (Lipinski definition) is 13. The number of esters is 1. The third-order valence-electron chi connectivity index (χ3n) is 14.8. The Hall–Kier alpha value is -1.49. The molecular formula is C42H60O13. The molecule has 11 fully saturated rings. The molecule has 0 aliphatic carbocycles. The highest BCUT2D eigenvalue weighted by atomic mass is 16.8. The van der Waals surface area contributed by atoms with Gasteiger partial charge in [0.25, 0.3) is 0 Å². The highest BCUT2D eigenvalue weighted by molar-refractivity contribution is 5.70. The van der Waals surface area contributed by atoms with Crippen LogP contribution in [0, 0.1) is 11.8 Å². The molecule has 5 unspecified atom stereocenters. The summed E-state index contributed by atoms with van der Waals surface area (Å²) in [7, 11) is 0. The van der Waals surface area contributed by atoms with Crippen LogP contribution in [0.1, 0.15) is 97.3 Å². The topological polar surface area (TPSA) is 150 Å². The van der Waals surface area contributed by atoms with Gasteiger partial charge in [-0.15, -0.1) is 0 Å². The molecule has 11 aliphatic heterocycles. The molecular weight excluding hydrogens is 712 g/mol. The number of ether oxygens (including phenoxy) is 10. The van der Waals surface area contributed by atoms with Crippen LogP contribution in [-0.2, 0) is 52.2 Å². The van der Waals surface area contributed by atoms with Crippen molar-refractivity contribution in [2.45, 2.75) is 213 Å². The lowest BCUT2D eigenvalue weighted by atomic mass is 9.79. The van der Waals surface area contributed by atoms with Crippen LogP contribution < -0.4 is 0 Å². The standard InChI is InChI=1S/C42H60O13/c1-19-13-23-5-7-27-20(2)14-25(46-27)9-11-42-18-33-38(54-42)39-40(52-33)41(55-42)37-29(51-39)8-6-24(48-37)15-34(45)53-36-22(4)35-31(16-26(44)28(50-35)10-12-43)49-32(36)17-30(47-23)21(19)3/h19,22-33,35-41,43-44H,2-3,5-18H2,1,4H3/t19-,22+,23+,24?,25+,26-,27?,28-,29+,30?,31+,32+,33-,35+,36-,37+,38?,39+,40-,41?,42+/m1/s1. The summed E-state index contributed by atoms with van der Waals surface area (Å²) in [5, 5.41) is 20.6. The number of carbonyl (C=O) groups excluding carboxylic acids is 1. The number of aliphatic hydroxyl groups is 2. The van der Waals surface area contributed by atoms with Gasteiger partial charge < -0.3 is 57.6 Å². The highest BCUT2D eigenvalue weighted by Crippen LogP contribution is 2.54. The second-order valence-corrected chi connectivity index (χ2v) is 18.5. The highest BCUT2D eigenvalue weighted by Gasteiger charge is 2.69. The van der Waals surface area contributed by atoms with Crippen LogP contribution >= 0.6 is 0 Å². The van der Waals surface area contributed by atoms with Crippen LogP contribution in [0.5, 0.6) is 0 Å². The molecule has 13 heteroatoms. The Morgan fingerprint density at radius 3 is 2.27 bits per heavy atom. The van der Waals surface area contributed by atoms with Gasteiger partial charge in [0.05, 0.1) is 79.7 Å². The number of carbonyl (C=O) groups is 1. The summed E-state index contributed by atoms with van der Waals surface area (Å²) in [5.74, 6) is -1.18. The van der Waals surface area contributed by atoms with Gasteiger partial charge in [-0.05, 0) is 68.4 Å². The van der Waals surface area contributed by atoms with Gasteiger partial charge in [0, 0.05) is 38.2 Å². The third kappa shape index (κ3) is 6.79. The zero-order valence-corrected chi connectivity index (χ0v) is 32.2. The average Bonchev–Trinajstić information content (AvgIpc) is 3.74. The molecule has 0 amide bonds. The van der Waals surface area contributed by atoms with Crippen molar-refractivity contribution >= 4 is 5.97 Å². The van der Waals surface area contributed by atoms with Crippen LogP contribution in [0.3, 0.4) is 0 Å². The van der Waals surface area contributed by atoms with Crippen LogP contribution in [0.15, 0.2) is 24.3 Å². The Morgan fingerprint density at radius 2 is 1.42 bits per heavy atom. The number of hydrogen-bond donors (Lipinski definition) is 2. The van der Waals surface area contributed by atoms with Crippen LogP contribution in [0.25, 0.3) is 0 Å². The Labute approximate surface area is 323 Å². The molecule has 0 radical (unpaired) electrons. The van der Waals surface area contributed by atoms with Gasteiger partial charge >= 0.3 is 5.97 Å². The first-order chi connectivity index (χ1) is 26.5. The van der Waals surface area contributed by atoms with E-state index >= 15 is 0 Å². The van der Waals surface area contributed by atoms with Crippen molar-refractivity contribution in [1.82, 2.24) is 0 Å². The van der Waals surface area contributed by atoms with Crippen molar-refractivity contribution in [1.29, 1.82) is 0 Å². The van der Waals surface area contributed by atoms with Gasteiger partial charge in [-0.25, -0.2) is 0 Å². The van der Waals surface area contributed by atoms with Gasteiger partial charge in [0.15, 0.2) is 5.79 Å². The minimum atomic E-state index is -0.808. The average molecular weight is 773 g/mol. The fourth-order valence-corrected chi connectivity index (χ4v) is 11.9. The van der Waals surface area contributed by atoms with E-state index in [0.717, 1.165) is 49.7 Å². The monoisotopic (exact) mass is 772 g/mol. The van der Waals surface area contributed by atoms with Crippen molar-refractivity contribution < 1.29 is 62.4 Å². The maximum atomic E-state index is 14.0. The fourth-order valence-electron chi connectivity index (χ4n) is 11.9. The Bertz CT molecular complexity index is 1490. The maximum Gasteiger partial charge on any atom is 0.308 e. The Morgan fingerprint density at radius 1 is 0.673 bits per heavy atom. The van der Waals surface area contributed by atoms with Crippen molar-refractivity contribution in [3.8, 4) is 0 Å².